The molecule has 0 amide bonds. The fourth-order valence-electron chi connectivity index (χ4n) is 2.69. The summed E-state index contributed by atoms with van der Waals surface area (Å²) < 4.78 is 0. The van der Waals surface area contributed by atoms with Crippen molar-refractivity contribution >= 4 is 0 Å². The minimum Gasteiger partial charge on any atom is -0.396 e. The van der Waals surface area contributed by atoms with Crippen molar-refractivity contribution in [3.8, 4) is 0 Å². The van der Waals surface area contributed by atoms with Gasteiger partial charge in [0.25, 0.3) is 0 Å². The molecule has 0 aromatic carbocycles. The molecule has 0 unspecified atom stereocenters. The normalized spacial score (nSPS) is 14.3. The lowest BCUT2D eigenvalue weighted by Crippen LogP contribution is -2.25. The molecular formula is C18H38O3. The molecule has 0 rings (SSSR count). The number of hydrogen-bond donors (Lipinski definition) is 3. The predicted molar refractivity (Wildman–Crippen MR) is 89.4 cm³/mol. The van der Waals surface area contributed by atoms with Gasteiger partial charge in [-0.25, -0.2) is 0 Å². The van der Waals surface area contributed by atoms with E-state index < -0.39 is 12.2 Å². The first kappa shape index (κ1) is 20.9. The van der Waals surface area contributed by atoms with Gasteiger partial charge in [0.2, 0.25) is 0 Å². The van der Waals surface area contributed by atoms with Gasteiger partial charge >= 0.3 is 0 Å². The van der Waals surface area contributed by atoms with Crippen LogP contribution in [0.25, 0.3) is 0 Å². The molecule has 3 heteroatoms. The molecule has 3 nitrogen and oxygen atoms in total. The molecule has 128 valence electrons. The summed E-state index contributed by atoms with van der Waals surface area (Å²) >= 11 is 0. The fourth-order valence-corrected chi connectivity index (χ4v) is 2.69. The van der Waals surface area contributed by atoms with Crippen LogP contribution in [-0.4, -0.2) is 34.1 Å². The minimum atomic E-state index is -0.543. The number of aliphatic hydroxyl groups excluding tert-OH is 3. The Morgan fingerprint density at radius 3 is 1.38 bits per heavy atom. The zero-order chi connectivity index (χ0) is 15.8. The van der Waals surface area contributed by atoms with E-state index in [0.717, 1.165) is 51.4 Å². The summed E-state index contributed by atoms with van der Waals surface area (Å²) in [6.07, 6.45) is 14.2. The van der Waals surface area contributed by atoms with E-state index in [1.165, 1.54) is 38.5 Å². The van der Waals surface area contributed by atoms with Crippen LogP contribution in [0, 0.1) is 0 Å². The van der Waals surface area contributed by atoms with Gasteiger partial charge in [-0.2, -0.15) is 0 Å². The van der Waals surface area contributed by atoms with Gasteiger partial charge in [0.15, 0.2) is 0 Å². The molecule has 0 aromatic rings. The first-order valence-electron chi connectivity index (χ1n) is 9.19. The van der Waals surface area contributed by atoms with Crippen LogP contribution in [-0.2, 0) is 0 Å². The Kier molecular flexibility index (Phi) is 16.2. The number of rotatable bonds is 16. The maximum atomic E-state index is 9.92. The molecule has 0 bridgehead atoms. The lowest BCUT2D eigenvalue weighted by molar-refractivity contribution is 0.00711. The fraction of sp³-hybridized carbons (Fsp3) is 1.00. The third-order valence-corrected chi connectivity index (χ3v) is 4.21. The first-order chi connectivity index (χ1) is 10.2. The average Bonchev–Trinajstić information content (AvgIpc) is 2.49. The Labute approximate surface area is 131 Å². The highest BCUT2D eigenvalue weighted by Gasteiger charge is 2.14. The summed E-state index contributed by atoms with van der Waals surface area (Å²) in [5.41, 5.74) is 0. The van der Waals surface area contributed by atoms with Crippen molar-refractivity contribution in [3.05, 3.63) is 0 Å². The van der Waals surface area contributed by atoms with E-state index in [9.17, 15) is 10.2 Å². The molecule has 0 aliphatic carbocycles. The van der Waals surface area contributed by atoms with E-state index in [1.54, 1.807) is 0 Å². The Hall–Kier alpha value is -0.120. The molecular weight excluding hydrogens is 264 g/mol. The Morgan fingerprint density at radius 1 is 0.571 bits per heavy atom. The molecule has 0 radical (unpaired) electrons. The second-order valence-electron chi connectivity index (χ2n) is 6.32. The molecule has 2 atom stereocenters. The number of hydrogen-bond acceptors (Lipinski definition) is 3. The van der Waals surface area contributed by atoms with Crippen molar-refractivity contribution in [2.75, 3.05) is 6.61 Å². The van der Waals surface area contributed by atoms with Gasteiger partial charge in [-0.15, -0.1) is 0 Å². The molecule has 21 heavy (non-hydrogen) atoms. The van der Waals surface area contributed by atoms with Crippen molar-refractivity contribution in [3.63, 3.8) is 0 Å². The maximum Gasteiger partial charge on any atom is 0.0799 e. The maximum absolute atomic E-state index is 9.92. The topological polar surface area (TPSA) is 60.7 Å². The van der Waals surface area contributed by atoms with Gasteiger partial charge < -0.3 is 15.3 Å². The molecule has 0 heterocycles. The molecule has 3 N–H and O–H groups in total. The van der Waals surface area contributed by atoms with Crippen LogP contribution in [0.2, 0.25) is 0 Å². The van der Waals surface area contributed by atoms with Crippen LogP contribution in [0.3, 0.4) is 0 Å². The highest BCUT2D eigenvalue weighted by molar-refractivity contribution is 4.67. The van der Waals surface area contributed by atoms with E-state index in [4.69, 9.17) is 5.11 Å². The van der Waals surface area contributed by atoms with Crippen molar-refractivity contribution < 1.29 is 15.3 Å². The standard InChI is InChI=1S/C18H38O3/c1-2-3-4-5-8-11-14-17(20)18(21)15-12-9-6-7-10-13-16-19/h17-21H,2-16H2,1H3/t17-,18-/m1/s1. The van der Waals surface area contributed by atoms with Gasteiger partial charge in [0.05, 0.1) is 12.2 Å². The van der Waals surface area contributed by atoms with Crippen LogP contribution in [0.1, 0.15) is 96.8 Å². The molecule has 0 spiro atoms. The summed E-state index contributed by atoms with van der Waals surface area (Å²) in [5, 5.41) is 28.5. The van der Waals surface area contributed by atoms with Crippen LogP contribution >= 0.6 is 0 Å². The van der Waals surface area contributed by atoms with Gasteiger partial charge in [-0.05, 0) is 19.3 Å². The number of aliphatic hydroxyl groups is 3. The smallest absolute Gasteiger partial charge is 0.0799 e. The summed E-state index contributed by atoms with van der Waals surface area (Å²) in [5.74, 6) is 0. The SMILES string of the molecule is CCCCCCCC[C@@H](O)[C@H](O)CCCCCCCCO. The van der Waals surface area contributed by atoms with Crippen molar-refractivity contribution in [2.45, 2.75) is 109 Å². The molecule has 0 aliphatic rings. The van der Waals surface area contributed by atoms with E-state index in [0.29, 0.717) is 6.61 Å². The van der Waals surface area contributed by atoms with Crippen molar-refractivity contribution in [1.82, 2.24) is 0 Å². The van der Waals surface area contributed by atoms with E-state index >= 15 is 0 Å². The Morgan fingerprint density at radius 2 is 0.952 bits per heavy atom. The van der Waals surface area contributed by atoms with E-state index in [2.05, 4.69) is 6.92 Å². The highest BCUT2D eigenvalue weighted by Crippen LogP contribution is 2.15. The van der Waals surface area contributed by atoms with Crippen LogP contribution in [0.4, 0.5) is 0 Å². The van der Waals surface area contributed by atoms with E-state index in [1.807, 2.05) is 0 Å². The van der Waals surface area contributed by atoms with Crippen LogP contribution < -0.4 is 0 Å². The lowest BCUT2D eigenvalue weighted by Gasteiger charge is -2.17. The second kappa shape index (κ2) is 16.3. The molecule has 0 saturated carbocycles. The van der Waals surface area contributed by atoms with E-state index in [-0.39, 0.29) is 0 Å². The molecule has 0 fully saturated rings. The molecule has 0 saturated heterocycles. The number of unbranched alkanes of at least 4 members (excludes halogenated alkanes) is 10. The highest BCUT2D eigenvalue weighted by atomic mass is 16.3. The Bertz CT molecular complexity index is 197. The molecule has 0 aromatic heterocycles. The quantitative estimate of drug-likeness (QED) is 0.375. The Balaban J connectivity index is 3.34. The van der Waals surface area contributed by atoms with Crippen LogP contribution in [0.15, 0.2) is 0 Å². The average molecular weight is 302 g/mol. The van der Waals surface area contributed by atoms with Crippen molar-refractivity contribution in [2.24, 2.45) is 0 Å². The largest absolute Gasteiger partial charge is 0.396 e. The van der Waals surface area contributed by atoms with Gasteiger partial charge in [-0.3, -0.25) is 0 Å². The minimum absolute atomic E-state index is 0.295. The second-order valence-corrected chi connectivity index (χ2v) is 6.32. The van der Waals surface area contributed by atoms with Gasteiger partial charge in [-0.1, -0.05) is 77.6 Å². The van der Waals surface area contributed by atoms with Crippen LogP contribution in [0.5, 0.6) is 0 Å². The van der Waals surface area contributed by atoms with Crippen molar-refractivity contribution in [1.29, 1.82) is 0 Å². The lowest BCUT2D eigenvalue weighted by atomic mass is 9.99. The predicted octanol–water partition coefficient (Wildman–Crippen LogP) is 4.18. The summed E-state index contributed by atoms with van der Waals surface area (Å²) in [4.78, 5) is 0. The van der Waals surface area contributed by atoms with Gasteiger partial charge in [0, 0.05) is 6.61 Å². The summed E-state index contributed by atoms with van der Waals surface area (Å²) in [6, 6.07) is 0. The monoisotopic (exact) mass is 302 g/mol. The summed E-state index contributed by atoms with van der Waals surface area (Å²) in [6.45, 7) is 2.51. The summed E-state index contributed by atoms with van der Waals surface area (Å²) in [7, 11) is 0. The first-order valence-corrected chi connectivity index (χ1v) is 9.19. The third kappa shape index (κ3) is 14.6. The molecule has 0 aliphatic heterocycles. The zero-order valence-electron chi connectivity index (χ0n) is 14.1. The van der Waals surface area contributed by atoms with Gasteiger partial charge in [0.1, 0.15) is 0 Å². The zero-order valence-corrected chi connectivity index (χ0v) is 14.1. The third-order valence-electron chi connectivity index (χ3n) is 4.21.